The normalized spacial score (nSPS) is 10.9. The molecular weight excluding hydrogens is 400 g/mol. The van der Waals surface area contributed by atoms with Gasteiger partial charge in [0.05, 0.1) is 23.2 Å². The Balaban J connectivity index is 1.96. The Morgan fingerprint density at radius 1 is 1.00 bits per heavy atom. The van der Waals surface area contributed by atoms with Gasteiger partial charge >= 0.3 is 0 Å². The van der Waals surface area contributed by atoms with Crippen molar-refractivity contribution in [3.05, 3.63) is 76.0 Å². The van der Waals surface area contributed by atoms with Crippen molar-refractivity contribution in [2.75, 3.05) is 26.1 Å². The topological polar surface area (TPSA) is 65.6 Å². The lowest BCUT2D eigenvalue weighted by Crippen LogP contribution is -2.09. The zero-order valence-electron chi connectivity index (χ0n) is 16.9. The van der Waals surface area contributed by atoms with E-state index >= 15 is 0 Å². The molecule has 6 heteroatoms. The van der Waals surface area contributed by atoms with Crippen LogP contribution in [-0.2, 0) is 0 Å². The van der Waals surface area contributed by atoms with Crippen LogP contribution in [0.2, 0.25) is 5.02 Å². The Morgan fingerprint density at radius 2 is 1.73 bits per heavy atom. The van der Waals surface area contributed by atoms with Crippen molar-refractivity contribution >= 4 is 28.2 Å². The average molecular weight is 421 g/mol. The molecule has 152 valence electrons. The van der Waals surface area contributed by atoms with Crippen molar-refractivity contribution in [3.8, 4) is 33.8 Å². The van der Waals surface area contributed by atoms with Crippen LogP contribution in [0.1, 0.15) is 0 Å². The van der Waals surface area contributed by atoms with E-state index in [-0.39, 0.29) is 11.3 Å². The first-order chi connectivity index (χ1) is 14.4. The molecule has 0 saturated carbocycles. The van der Waals surface area contributed by atoms with Crippen molar-refractivity contribution in [1.82, 2.24) is 4.98 Å². The number of aromatic hydroxyl groups is 1. The summed E-state index contributed by atoms with van der Waals surface area (Å²) >= 11 is 6.54. The predicted octanol–water partition coefficient (Wildman–Crippen LogP) is 5.30. The van der Waals surface area contributed by atoms with Gasteiger partial charge in [0.25, 0.3) is 5.56 Å². The summed E-state index contributed by atoms with van der Waals surface area (Å²) in [7, 11) is 5.50. The van der Waals surface area contributed by atoms with Gasteiger partial charge in [-0.05, 0) is 47.5 Å². The fourth-order valence-corrected chi connectivity index (χ4v) is 3.79. The van der Waals surface area contributed by atoms with Gasteiger partial charge in [0.2, 0.25) is 0 Å². The van der Waals surface area contributed by atoms with E-state index in [0.717, 1.165) is 16.8 Å². The molecule has 0 aliphatic rings. The smallest absolute Gasteiger partial charge is 0.260 e. The Labute approximate surface area is 179 Å². The highest BCUT2D eigenvalue weighted by molar-refractivity contribution is 6.34. The van der Waals surface area contributed by atoms with Gasteiger partial charge in [0.15, 0.2) is 0 Å². The molecule has 0 saturated heterocycles. The van der Waals surface area contributed by atoms with Crippen LogP contribution in [0.5, 0.6) is 11.5 Å². The van der Waals surface area contributed by atoms with E-state index in [1.165, 1.54) is 0 Å². The minimum Gasteiger partial charge on any atom is -0.506 e. The van der Waals surface area contributed by atoms with Crippen LogP contribution in [0.15, 0.2) is 65.5 Å². The molecule has 30 heavy (non-hydrogen) atoms. The van der Waals surface area contributed by atoms with Gasteiger partial charge in [0.1, 0.15) is 11.5 Å². The zero-order valence-corrected chi connectivity index (χ0v) is 17.6. The third-order valence-electron chi connectivity index (χ3n) is 5.11. The molecule has 4 aromatic rings. The first kappa shape index (κ1) is 19.9. The number of halogens is 1. The van der Waals surface area contributed by atoms with Gasteiger partial charge < -0.3 is 19.7 Å². The number of benzene rings is 3. The summed E-state index contributed by atoms with van der Waals surface area (Å²) in [6, 6.07) is 18.5. The lowest BCUT2D eigenvalue weighted by atomic mass is 9.99. The van der Waals surface area contributed by atoms with Crippen LogP contribution in [0.3, 0.4) is 0 Å². The Kier molecular flexibility index (Phi) is 5.14. The number of hydrogen-bond donors (Lipinski definition) is 2. The van der Waals surface area contributed by atoms with Crippen LogP contribution in [0.4, 0.5) is 5.69 Å². The number of aromatic amines is 1. The average Bonchev–Trinajstić information content (AvgIpc) is 2.73. The monoisotopic (exact) mass is 420 g/mol. The Morgan fingerprint density at radius 3 is 2.47 bits per heavy atom. The number of aromatic nitrogens is 1. The van der Waals surface area contributed by atoms with Gasteiger partial charge in [-0.25, -0.2) is 0 Å². The van der Waals surface area contributed by atoms with Crippen molar-refractivity contribution in [2.24, 2.45) is 0 Å². The maximum absolute atomic E-state index is 12.7. The molecule has 4 rings (SSSR count). The number of nitrogens with one attached hydrogen (secondary N) is 1. The van der Waals surface area contributed by atoms with Gasteiger partial charge in [-0.2, -0.15) is 0 Å². The molecule has 5 nitrogen and oxygen atoms in total. The number of nitrogens with zero attached hydrogens (tertiary/aromatic N) is 1. The molecule has 0 amide bonds. The van der Waals surface area contributed by atoms with Crippen LogP contribution in [0.25, 0.3) is 33.2 Å². The lowest BCUT2D eigenvalue weighted by Gasteiger charge is -2.15. The van der Waals surface area contributed by atoms with Gasteiger partial charge in [0, 0.05) is 30.7 Å². The lowest BCUT2D eigenvalue weighted by molar-refractivity contribution is 0.415. The largest absolute Gasteiger partial charge is 0.506 e. The van der Waals surface area contributed by atoms with E-state index in [0.29, 0.717) is 27.2 Å². The summed E-state index contributed by atoms with van der Waals surface area (Å²) in [5.74, 6) is 0.507. The molecule has 0 aliphatic heterocycles. The molecule has 2 N–H and O–H groups in total. The number of pyridine rings is 1. The maximum atomic E-state index is 12.7. The second-order valence-corrected chi connectivity index (χ2v) is 7.64. The number of methoxy groups -OCH3 is 1. The standard InChI is InChI=1S/C24H21ClN2O3/c1-27(2)16-8-4-6-14(10-16)18-12-19-21(13-20(18)25)26-24(29)22(23(19)28)15-7-5-9-17(11-15)30-3/h4-13H,1-3H3,(H2,26,28,29). The van der Waals surface area contributed by atoms with E-state index in [4.69, 9.17) is 16.3 Å². The molecule has 0 fully saturated rings. The minimum atomic E-state index is -0.397. The second kappa shape index (κ2) is 7.76. The molecule has 3 aromatic carbocycles. The number of rotatable bonds is 4. The summed E-state index contributed by atoms with van der Waals surface area (Å²) in [6.45, 7) is 0. The van der Waals surface area contributed by atoms with Gasteiger partial charge in [-0.1, -0.05) is 35.9 Å². The van der Waals surface area contributed by atoms with Crippen molar-refractivity contribution in [2.45, 2.75) is 0 Å². The Hall–Kier alpha value is -3.44. The number of H-pyrrole nitrogens is 1. The highest BCUT2D eigenvalue weighted by atomic mass is 35.5. The molecule has 0 radical (unpaired) electrons. The van der Waals surface area contributed by atoms with E-state index in [9.17, 15) is 9.90 Å². The maximum Gasteiger partial charge on any atom is 0.260 e. The fourth-order valence-electron chi connectivity index (χ4n) is 3.52. The van der Waals surface area contributed by atoms with Gasteiger partial charge in [-0.3, -0.25) is 4.79 Å². The summed E-state index contributed by atoms with van der Waals surface area (Å²) < 4.78 is 5.25. The van der Waals surface area contributed by atoms with Crippen molar-refractivity contribution in [1.29, 1.82) is 0 Å². The molecule has 0 atom stereocenters. The second-order valence-electron chi connectivity index (χ2n) is 7.23. The van der Waals surface area contributed by atoms with Crippen molar-refractivity contribution < 1.29 is 9.84 Å². The van der Waals surface area contributed by atoms with Crippen LogP contribution < -0.4 is 15.2 Å². The summed E-state index contributed by atoms with van der Waals surface area (Å²) in [4.78, 5) is 17.6. The van der Waals surface area contributed by atoms with Crippen LogP contribution in [-0.4, -0.2) is 31.3 Å². The van der Waals surface area contributed by atoms with E-state index < -0.39 is 5.56 Å². The van der Waals surface area contributed by atoms with Crippen molar-refractivity contribution in [3.63, 3.8) is 0 Å². The third kappa shape index (κ3) is 3.48. The van der Waals surface area contributed by atoms with E-state index in [1.807, 2.05) is 43.3 Å². The molecule has 0 bridgehead atoms. The summed E-state index contributed by atoms with van der Waals surface area (Å²) in [6.07, 6.45) is 0. The minimum absolute atomic E-state index is 0.0938. The predicted molar refractivity (Wildman–Crippen MR) is 123 cm³/mol. The number of hydrogen-bond acceptors (Lipinski definition) is 4. The molecule has 0 spiro atoms. The highest BCUT2D eigenvalue weighted by Crippen LogP contribution is 2.39. The summed E-state index contributed by atoms with van der Waals surface area (Å²) in [5, 5.41) is 12.0. The molecule has 1 heterocycles. The van der Waals surface area contributed by atoms with Crippen LogP contribution >= 0.6 is 11.6 Å². The number of ether oxygens (including phenoxy) is 1. The SMILES string of the molecule is COc1cccc(-c2c(O)c3cc(-c4cccc(N(C)C)c4)c(Cl)cc3[nH]c2=O)c1. The molecule has 0 unspecified atom stereocenters. The quantitative estimate of drug-likeness (QED) is 0.470. The zero-order chi connectivity index (χ0) is 21.4. The molecular formula is C24H21ClN2O3. The number of anilines is 1. The highest BCUT2D eigenvalue weighted by Gasteiger charge is 2.17. The number of fused-ring (bicyclic) bond motifs is 1. The molecule has 0 aliphatic carbocycles. The first-order valence-electron chi connectivity index (χ1n) is 9.39. The van der Waals surface area contributed by atoms with Gasteiger partial charge in [-0.15, -0.1) is 0 Å². The van der Waals surface area contributed by atoms with E-state index in [1.54, 1.807) is 43.5 Å². The Bertz CT molecular complexity index is 1310. The summed E-state index contributed by atoms with van der Waals surface area (Å²) in [5.41, 5.74) is 3.56. The van der Waals surface area contributed by atoms with Crippen LogP contribution in [0, 0.1) is 0 Å². The van der Waals surface area contributed by atoms with E-state index in [2.05, 4.69) is 4.98 Å². The first-order valence-corrected chi connectivity index (χ1v) is 9.77. The fraction of sp³-hybridized carbons (Fsp3) is 0.125. The molecule has 1 aromatic heterocycles. The third-order valence-corrected chi connectivity index (χ3v) is 5.42.